The molecule has 2 aromatic rings. The van der Waals surface area contributed by atoms with Crippen LogP contribution in [-0.4, -0.2) is 27.5 Å². The summed E-state index contributed by atoms with van der Waals surface area (Å²) >= 11 is 6.05. The van der Waals surface area contributed by atoms with Gasteiger partial charge in [0.2, 0.25) is 10.0 Å². The summed E-state index contributed by atoms with van der Waals surface area (Å²) in [6, 6.07) is 15.1. The van der Waals surface area contributed by atoms with Gasteiger partial charge in [-0.3, -0.25) is 0 Å². The second-order valence-electron chi connectivity index (χ2n) is 6.09. The summed E-state index contributed by atoms with van der Waals surface area (Å²) in [5.41, 5.74) is 2.00. The fraction of sp³-hybridized carbons (Fsp3) is 0.333. The maximum absolute atomic E-state index is 12.5. The molecule has 0 spiro atoms. The van der Waals surface area contributed by atoms with Crippen molar-refractivity contribution >= 4 is 27.3 Å². The molecule has 24 heavy (non-hydrogen) atoms. The molecular formula is C18H21ClN2O2S. The predicted octanol–water partition coefficient (Wildman–Crippen LogP) is 3.60. The van der Waals surface area contributed by atoms with Gasteiger partial charge in [-0.2, -0.15) is 0 Å². The summed E-state index contributed by atoms with van der Waals surface area (Å²) in [6.45, 7) is 3.19. The van der Waals surface area contributed by atoms with Gasteiger partial charge in [0.15, 0.2) is 0 Å². The van der Waals surface area contributed by atoms with Gasteiger partial charge < -0.3 is 4.90 Å². The first-order valence-corrected chi connectivity index (χ1v) is 9.91. The fourth-order valence-corrected chi connectivity index (χ4v) is 4.38. The van der Waals surface area contributed by atoms with Gasteiger partial charge in [0.05, 0.1) is 4.90 Å². The van der Waals surface area contributed by atoms with Crippen molar-refractivity contribution in [3.8, 4) is 0 Å². The van der Waals surface area contributed by atoms with E-state index in [1.165, 1.54) is 6.07 Å². The van der Waals surface area contributed by atoms with Crippen molar-refractivity contribution in [1.29, 1.82) is 0 Å². The molecule has 0 bridgehead atoms. The third-order valence-corrected chi connectivity index (χ3v) is 6.26. The Labute approximate surface area is 148 Å². The summed E-state index contributed by atoms with van der Waals surface area (Å²) in [6.07, 6.45) is 2.05. The fourth-order valence-electron chi connectivity index (χ4n) is 3.04. The molecule has 2 aromatic carbocycles. The Balaban J connectivity index is 1.71. The minimum Gasteiger partial charge on any atom is -0.367 e. The average Bonchev–Trinajstić information content (AvgIpc) is 3.05. The maximum Gasteiger partial charge on any atom is 0.240 e. The average molecular weight is 365 g/mol. The summed E-state index contributed by atoms with van der Waals surface area (Å²) in [5.74, 6) is 0. The second kappa shape index (κ2) is 7.13. The van der Waals surface area contributed by atoms with Gasteiger partial charge in [0.1, 0.15) is 0 Å². The van der Waals surface area contributed by atoms with Crippen LogP contribution in [0.15, 0.2) is 53.4 Å². The van der Waals surface area contributed by atoms with Gasteiger partial charge in [-0.25, -0.2) is 13.1 Å². The van der Waals surface area contributed by atoms with Crippen LogP contribution in [0, 0.1) is 6.92 Å². The zero-order valence-electron chi connectivity index (χ0n) is 13.6. The van der Waals surface area contributed by atoms with E-state index in [4.69, 9.17) is 11.6 Å². The number of sulfonamides is 1. The lowest BCUT2D eigenvalue weighted by atomic mass is 10.2. The largest absolute Gasteiger partial charge is 0.367 e. The summed E-state index contributed by atoms with van der Waals surface area (Å²) in [7, 11) is -3.55. The molecule has 1 heterocycles. The molecule has 6 heteroatoms. The Morgan fingerprint density at radius 2 is 1.96 bits per heavy atom. The highest BCUT2D eigenvalue weighted by Gasteiger charge is 2.26. The molecule has 0 aromatic heterocycles. The highest BCUT2D eigenvalue weighted by Crippen LogP contribution is 2.25. The molecule has 1 unspecified atom stereocenters. The van der Waals surface area contributed by atoms with Crippen molar-refractivity contribution in [2.24, 2.45) is 0 Å². The van der Waals surface area contributed by atoms with Crippen LogP contribution in [0.2, 0.25) is 5.02 Å². The van der Waals surface area contributed by atoms with Gasteiger partial charge in [0, 0.05) is 29.8 Å². The molecule has 1 atom stereocenters. The van der Waals surface area contributed by atoms with Crippen molar-refractivity contribution in [3.05, 3.63) is 59.1 Å². The van der Waals surface area contributed by atoms with Crippen LogP contribution >= 0.6 is 11.6 Å². The summed E-state index contributed by atoms with van der Waals surface area (Å²) in [5, 5.41) is 0.463. The number of anilines is 1. The monoisotopic (exact) mass is 364 g/mol. The lowest BCUT2D eigenvalue weighted by Gasteiger charge is -2.27. The zero-order valence-corrected chi connectivity index (χ0v) is 15.1. The smallest absolute Gasteiger partial charge is 0.240 e. The lowest BCUT2D eigenvalue weighted by Crippen LogP contribution is -2.40. The molecule has 0 amide bonds. The van der Waals surface area contributed by atoms with Crippen LogP contribution in [0.5, 0.6) is 0 Å². The van der Waals surface area contributed by atoms with E-state index in [1.54, 1.807) is 12.1 Å². The Morgan fingerprint density at radius 3 is 2.67 bits per heavy atom. The van der Waals surface area contributed by atoms with Gasteiger partial charge in [-0.1, -0.05) is 35.9 Å². The minimum absolute atomic E-state index is 0.170. The van der Waals surface area contributed by atoms with Crippen LogP contribution in [0.4, 0.5) is 5.69 Å². The highest BCUT2D eigenvalue weighted by molar-refractivity contribution is 7.89. The second-order valence-corrected chi connectivity index (χ2v) is 8.26. The SMILES string of the molecule is Cc1ccc(S(=O)(=O)NCC2CCCN2c2ccccc2)cc1Cl. The van der Waals surface area contributed by atoms with E-state index < -0.39 is 10.0 Å². The minimum atomic E-state index is -3.55. The molecule has 1 aliphatic rings. The molecular weight excluding hydrogens is 344 g/mol. The van der Waals surface area contributed by atoms with Crippen LogP contribution in [0.3, 0.4) is 0 Å². The van der Waals surface area contributed by atoms with Crippen LogP contribution < -0.4 is 9.62 Å². The van der Waals surface area contributed by atoms with Crippen molar-refractivity contribution < 1.29 is 8.42 Å². The number of hydrogen-bond donors (Lipinski definition) is 1. The van der Waals surface area contributed by atoms with E-state index >= 15 is 0 Å². The summed E-state index contributed by atoms with van der Waals surface area (Å²) in [4.78, 5) is 2.48. The molecule has 1 aliphatic heterocycles. The topological polar surface area (TPSA) is 49.4 Å². The van der Waals surface area contributed by atoms with E-state index in [-0.39, 0.29) is 10.9 Å². The first-order chi connectivity index (χ1) is 11.5. The third kappa shape index (κ3) is 3.74. The van der Waals surface area contributed by atoms with E-state index in [1.807, 2.05) is 25.1 Å². The van der Waals surface area contributed by atoms with Crippen molar-refractivity contribution in [2.45, 2.75) is 30.7 Å². The Bertz CT molecular complexity index is 809. The molecule has 1 N–H and O–H groups in total. The van der Waals surface area contributed by atoms with Crippen LogP contribution in [-0.2, 0) is 10.0 Å². The number of para-hydroxylation sites is 1. The Hall–Kier alpha value is -1.56. The highest BCUT2D eigenvalue weighted by atomic mass is 35.5. The van der Waals surface area contributed by atoms with E-state index in [0.29, 0.717) is 11.6 Å². The predicted molar refractivity (Wildman–Crippen MR) is 98.2 cm³/mol. The molecule has 0 saturated carbocycles. The van der Waals surface area contributed by atoms with Crippen molar-refractivity contribution in [3.63, 3.8) is 0 Å². The number of nitrogens with one attached hydrogen (secondary N) is 1. The normalized spacial score (nSPS) is 18.1. The number of benzene rings is 2. The van der Waals surface area contributed by atoms with E-state index in [9.17, 15) is 8.42 Å². The van der Waals surface area contributed by atoms with Crippen LogP contribution in [0.1, 0.15) is 18.4 Å². The molecule has 1 fully saturated rings. The van der Waals surface area contributed by atoms with Crippen molar-refractivity contribution in [2.75, 3.05) is 18.0 Å². The molecule has 0 radical (unpaired) electrons. The third-order valence-electron chi connectivity index (χ3n) is 4.43. The number of halogens is 1. The van der Waals surface area contributed by atoms with Crippen LogP contribution in [0.25, 0.3) is 0 Å². The molecule has 1 saturated heterocycles. The van der Waals surface area contributed by atoms with E-state index in [2.05, 4.69) is 21.8 Å². The number of nitrogens with zero attached hydrogens (tertiary/aromatic N) is 1. The number of rotatable bonds is 5. The Kier molecular flexibility index (Phi) is 5.13. The van der Waals surface area contributed by atoms with Gasteiger partial charge in [-0.05, 0) is 49.6 Å². The summed E-state index contributed by atoms with van der Waals surface area (Å²) < 4.78 is 27.8. The van der Waals surface area contributed by atoms with Gasteiger partial charge >= 0.3 is 0 Å². The quantitative estimate of drug-likeness (QED) is 0.881. The number of hydrogen-bond acceptors (Lipinski definition) is 3. The molecule has 4 nitrogen and oxygen atoms in total. The zero-order chi connectivity index (χ0) is 17.2. The van der Waals surface area contributed by atoms with Gasteiger partial charge in [-0.15, -0.1) is 0 Å². The Morgan fingerprint density at radius 1 is 1.21 bits per heavy atom. The molecule has 0 aliphatic carbocycles. The van der Waals surface area contributed by atoms with Gasteiger partial charge in [0.25, 0.3) is 0 Å². The number of aryl methyl sites for hydroxylation is 1. The lowest BCUT2D eigenvalue weighted by molar-refractivity contribution is 0.567. The maximum atomic E-state index is 12.5. The van der Waals surface area contributed by atoms with Crippen molar-refractivity contribution in [1.82, 2.24) is 4.72 Å². The molecule has 3 rings (SSSR count). The van der Waals surface area contributed by atoms with E-state index in [0.717, 1.165) is 30.6 Å². The molecule has 128 valence electrons. The first-order valence-electron chi connectivity index (χ1n) is 8.05. The first kappa shape index (κ1) is 17.3. The standard InChI is InChI=1S/C18H21ClN2O2S/c1-14-9-10-17(12-18(14)19)24(22,23)20-13-16-8-5-11-21(16)15-6-3-2-4-7-15/h2-4,6-7,9-10,12,16,20H,5,8,11,13H2,1H3.